The predicted molar refractivity (Wildman–Crippen MR) is 529 cm³/mol. The summed E-state index contributed by atoms with van der Waals surface area (Å²) in [7, 11) is 0. The quantitative estimate of drug-likeness (QED) is 0.0131. The average Bonchev–Trinajstić information content (AvgIpc) is 0.785. The van der Waals surface area contributed by atoms with E-state index in [1.54, 1.807) is 6.92 Å². The van der Waals surface area contributed by atoms with Gasteiger partial charge < -0.3 is 102 Å². The zero-order chi connectivity index (χ0) is 96.4. The minimum Gasteiger partial charge on any atom is -0.465 e. The van der Waals surface area contributed by atoms with Crippen molar-refractivity contribution in [2.24, 2.45) is 21.7 Å². The van der Waals surface area contributed by atoms with Crippen LogP contribution >= 0.6 is 226 Å². The third kappa shape index (κ3) is 63.0. The van der Waals surface area contributed by atoms with Crippen LogP contribution in [0.25, 0.3) is 0 Å². The average molecular weight is 2130 g/mol. The lowest BCUT2D eigenvalue weighted by molar-refractivity contribution is -0.163. The first-order chi connectivity index (χ1) is 60.0. The second kappa shape index (κ2) is 80.4. The van der Waals surface area contributed by atoms with E-state index < -0.39 is 111 Å². The number of carbonyl (C=O) groups excluding carboxylic acids is 12. The molecule has 2 rings (SSSR count). The molecule has 2 aromatic heterocycles. The fourth-order valence-electron chi connectivity index (χ4n) is 8.14. The highest BCUT2D eigenvalue weighted by Crippen LogP contribution is 2.29. The van der Waals surface area contributed by atoms with Crippen molar-refractivity contribution in [1.82, 2.24) is 44.6 Å². The summed E-state index contributed by atoms with van der Waals surface area (Å²) in [5.41, 5.74) is -5.27. The smallest absolute Gasteiger partial charge is 0.465 e. The van der Waals surface area contributed by atoms with Gasteiger partial charge in [0.1, 0.15) is 99.1 Å². The topological polar surface area (TPSA) is 493 Å². The zero-order valence-corrected chi connectivity index (χ0v) is 85.8. The fourth-order valence-corrected chi connectivity index (χ4v) is 11.0. The highest BCUT2D eigenvalue weighted by atomic mass is 32.1. The molecule has 0 aliphatic heterocycles. The molecule has 39 nitrogen and oxygen atoms in total. The van der Waals surface area contributed by atoms with Crippen molar-refractivity contribution in [3.63, 3.8) is 0 Å². The zero-order valence-electron chi connectivity index (χ0n) is 69.9. The van der Waals surface area contributed by atoms with Gasteiger partial charge in [0.05, 0.1) is 58.2 Å². The van der Waals surface area contributed by atoms with Crippen LogP contribution in [0.1, 0.15) is 72.6 Å². The maximum atomic E-state index is 12.0. The van der Waals surface area contributed by atoms with Crippen LogP contribution in [-0.4, -0.2) is 306 Å². The lowest BCUT2D eigenvalue weighted by Crippen LogP contribution is -2.55. The van der Waals surface area contributed by atoms with E-state index in [0.717, 1.165) is 13.7 Å². The van der Waals surface area contributed by atoms with Gasteiger partial charge in [0.2, 0.25) is 0 Å². The Balaban J connectivity index is -0.000000723. The van der Waals surface area contributed by atoms with Crippen LogP contribution in [0.2, 0.25) is 0 Å². The molecule has 0 spiro atoms. The molecular weight excluding hydrogens is 2010 g/mol. The third-order valence-electron chi connectivity index (χ3n) is 15.7. The monoisotopic (exact) mass is 2130 g/mol. The standard InChI is InChI=1S/C15H29N3O6S3.C15H26O9S3.C15H26O6S3.C12H20O6S3.C9H15N3O3S3.C3H3N3S3/c1-2-15(9-22-12(19)16-3-6-25,10-23-13(20)17-4-7-26)11-24-14(21)18-5-8-27;1-2-15(9-22-12(16)19-3-6-25,10-23-13(17)20-4-7-26)11-24-14(18)21-5-8-27;1-2-15(9-19-12(16)3-6-22,10-20-13(17)4-7-23)11-21-14(18)5-8-24;1-2-12(6-16-9(13)3-19,7-17-10(14)4-20)8-18-11(15)5-21;13-7-10(1-4-16)8(14)12(3-6-18)9(15)11(7)2-5-17;7-1-4-2(8)6-3(9)5-1/h25-27H,2-11H2,1H3,(H,16,19)(H,17,20)(H,18,21);25-27H,2-11H2,1H3;22-24H,2-11H2,1H3;19-21H,2-8H2,1H3;16-18H,1-6H2;(H3,4,5,6,7,8,9). The van der Waals surface area contributed by atoms with Gasteiger partial charge in [-0.2, -0.15) is 189 Å². The summed E-state index contributed by atoms with van der Waals surface area (Å²) in [4.78, 5) is 182. The van der Waals surface area contributed by atoms with Gasteiger partial charge in [0, 0.05) is 108 Å². The Hall–Kier alpha value is -4.23. The first-order valence-corrected chi connectivity index (χ1v) is 48.7. The summed E-state index contributed by atoms with van der Waals surface area (Å²) in [5, 5.41) is 7.56. The Morgan fingerprint density at radius 2 is 0.476 bits per heavy atom. The number of nitrogens with one attached hydrogen (secondary N) is 6. The molecule has 0 saturated carbocycles. The van der Waals surface area contributed by atoms with Crippen molar-refractivity contribution in [1.29, 1.82) is 0 Å². The van der Waals surface area contributed by atoms with Gasteiger partial charge in [-0.1, -0.05) is 27.7 Å². The first kappa shape index (κ1) is 128. The molecular formula is C69H119N9O30S18. The number of alkyl carbamates (subject to hydrolysis) is 3. The Morgan fingerprint density at radius 1 is 0.278 bits per heavy atom. The van der Waals surface area contributed by atoms with E-state index in [0.29, 0.717) is 129 Å². The molecule has 57 heteroatoms. The van der Waals surface area contributed by atoms with Gasteiger partial charge in [-0.15, -0.1) is 0 Å². The predicted octanol–water partition coefficient (Wildman–Crippen LogP) is 7.58. The van der Waals surface area contributed by atoms with Crippen molar-refractivity contribution in [3.8, 4) is 0 Å². The molecule has 0 atom stereocenters. The van der Waals surface area contributed by atoms with E-state index in [1.807, 2.05) is 20.8 Å². The summed E-state index contributed by atoms with van der Waals surface area (Å²) < 4.78 is 80.2. The lowest BCUT2D eigenvalue weighted by atomic mass is 9.88. The SMILES string of the molecule is CCC(COC(=O)CCS)(COC(=O)CCS)COC(=O)CCS.CCC(COC(=O)CS)(COC(=O)CS)COC(=O)CS.CCC(COC(=O)NCCS)(COC(=O)NCCS)COC(=O)NCCS.CCC(COC(=O)OCCS)(COC(=O)OCCS)COC(=O)OCCS.O=c1n(CCS)c(=O)n(CCS)c(=O)n1CCS.S=c1[nH]c(=S)[nH]c(=S)[nH]1. The van der Waals surface area contributed by atoms with Crippen molar-refractivity contribution in [3.05, 3.63) is 45.8 Å². The van der Waals surface area contributed by atoms with Crippen LogP contribution in [0, 0.1) is 36.0 Å². The molecule has 0 fully saturated rings. The molecule has 0 saturated heterocycles. The van der Waals surface area contributed by atoms with E-state index in [4.69, 9.17) is 108 Å². The van der Waals surface area contributed by atoms with E-state index >= 15 is 0 Å². The molecule has 728 valence electrons. The first-order valence-electron chi connectivity index (χ1n) is 38.0. The van der Waals surface area contributed by atoms with E-state index in [2.05, 4.69) is 220 Å². The maximum absolute atomic E-state index is 12.0. The van der Waals surface area contributed by atoms with Gasteiger partial charge >= 0.3 is 89.6 Å². The van der Waals surface area contributed by atoms with E-state index in [9.17, 15) is 71.9 Å². The second-order valence-electron chi connectivity index (χ2n) is 25.1. The minimum absolute atomic E-state index is 0.00157. The van der Waals surface area contributed by atoms with Gasteiger partial charge in [-0.25, -0.2) is 56.9 Å². The van der Waals surface area contributed by atoms with Crippen LogP contribution in [0.3, 0.4) is 0 Å². The Bertz CT molecular complexity index is 3350. The number of ether oxygens (including phenoxy) is 15. The van der Waals surface area contributed by atoms with Crippen molar-refractivity contribution in [2.45, 2.75) is 92.3 Å². The summed E-state index contributed by atoms with van der Waals surface area (Å²) in [5.74, 6) is 1.71. The third-order valence-corrected chi connectivity index (χ3v) is 19.6. The number of aromatic nitrogens is 6. The minimum atomic E-state index is -1.00. The molecule has 0 radical (unpaired) electrons. The van der Waals surface area contributed by atoms with Crippen LogP contribution in [0.15, 0.2) is 14.4 Å². The number of aromatic amines is 3. The molecule has 6 N–H and O–H groups in total. The van der Waals surface area contributed by atoms with Gasteiger partial charge in [0.25, 0.3) is 0 Å². The summed E-state index contributed by atoms with van der Waals surface area (Å²) in [6.07, 6.45) is -2.27. The Labute approximate surface area is 829 Å². The number of rotatable bonds is 55. The molecule has 0 unspecified atom stereocenters. The van der Waals surface area contributed by atoms with Crippen LogP contribution < -0.4 is 33.0 Å². The van der Waals surface area contributed by atoms with Crippen molar-refractivity contribution in [2.75, 3.05) is 205 Å². The molecule has 2 aromatic rings. The summed E-state index contributed by atoms with van der Waals surface area (Å²) in [6.45, 7) is 8.01. The molecule has 0 aliphatic rings. The molecule has 126 heavy (non-hydrogen) atoms. The summed E-state index contributed by atoms with van der Waals surface area (Å²) >= 11 is 73.3. The normalized spacial score (nSPS) is 10.7. The van der Waals surface area contributed by atoms with Crippen LogP contribution in [-0.2, 0) is 119 Å². The van der Waals surface area contributed by atoms with Crippen molar-refractivity contribution < 1.29 is 129 Å². The number of amides is 3. The highest BCUT2D eigenvalue weighted by Gasteiger charge is 2.38. The Kier molecular flexibility index (Phi) is 81.7. The number of hydrogen-bond donors (Lipinski definition) is 21. The fraction of sp³-hybridized carbons (Fsp3) is 0.739. The highest BCUT2D eigenvalue weighted by molar-refractivity contribution is 7.82. The van der Waals surface area contributed by atoms with E-state index in [1.165, 1.54) is 0 Å². The van der Waals surface area contributed by atoms with Gasteiger partial charge in [0.15, 0.2) is 14.3 Å². The number of H-pyrrole nitrogens is 3. The number of carbonyl (C=O) groups is 12. The molecule has 0 aliphatic carbocycles. The van der Waals surface area contributed by atoms with Crippen molar-refractivity contribution >= 4 is 299 Å². The van der Waals surface area contributed by atoms with Gasteiger partial charge in [-0.05, 0) is 62.3 Å². The number of nitrogens with zero attached hydrogens (tertiary/aromatic N) is 3. The van der Waals surface area contributed by atoms with Gasteiger partial charge in [-0.3, -0.25) is 28.8 Å². The summed E-state index contributed by atoms with van der Waals surface area (Å²) in [6, 6.07) is 0. The molecule has 3 amide bonds. The largest absolute Gasteiger partial charge is 0.508 e. The number of thiol groups is 15. The lowest BCUT2D eigenvalue weighted by Gasteiger charge is -2.31. The maximum Gasteiger partial charge on any atom is 0.508 e. The molecule has 0 aromatic carbocycles. The second-order valence-corrected chi connectivity index (χ2v) is 32.7. The van der Waals surface area contributed by atoms with E-state index in [-0.39, 0.29) is 155 Å². The number of hydrogen-bond acceptors (Lipinski definition) is 48. The molecule has 2 heterocycles. The Morgan fingerprint density at radius 3 is 0.651 bits per heavy atom. The van der Waals surface area contributed by atoms with Crippen LogP contribution in [0.4, 0.5) is 28.8 Å². The number of esters is 6. The molecule has 0 bridgehead atoms. The van der Waals surface area contributed by atoms with Crippen LogP contribution in [0.5, 0.6) is 0 Å².